The monoisotopic (exact) mass is 241 g/mol. The van der Waals surface area contributed by atoms with Crippen LogP contribution in [0.25, 0.3) is 0 Å². The van der Waals surface area contributed by atoms with Gasteiger partial charge in [-0.25, -0.2) is 0 Å². The molecule has 2 saturated heterocycles. The molecule has 0 aromatic carbocycles. The smallest absolute Gasteiger partial charge is 0.324 e. The summed E-state index contributed by atoms with van der Waals surface area (Å²) in [5.74, 6) is -0.499. The Hall–Kier alpha value is -0.940. The van der Waals surface area contributed by atoms with E-state index in [1.54, 1.807) is 0 Å². The van der Waals surface area contributed by atoms with Gasteiger partial charge in [0.1, 0.15) is 0 Å². The Morgan fingerprint density at radius 3 is 2.59 bits per heavy atom. The maximum absolute atomic E-state index is 12.4. The van der Waals surface area contributed by atoms with Crippen LogP contribution >= 0.6 is 0 Å². The number of likely N-dealkylation sites (tertiary alicyclic amines) is 1. The van der Waals surface area contributed by atoms with Crippen molar-refractivity contribution in [1.29, 1.82) is 0 Å². The molecule has 5 nitrogen and oxygen atoms in total. The van der Waals surface area contributed by atoms with Crippen molar-refractivity contribution in [1.82, 2.24) is 4.90 Å². The Labute approximate surface area is 101 Å². The van der Waals surface area contributed by atoms with Crippen molar-refractivity contribution in [2.75, 3.05) is 40.5 Å². The summed E-state index contributed by atoms with van der Waals surface area (Å²) in [6.07, 6.45) is 1.87. The summed E-state index contributed by atoms with van der Waals surface area (Å²) in [4.78, 5) is 26.3. The maximum Gasteiger partial charge on any atom is 0.324 e. The van der Waals surface area contributed by atoms with Crippen LogP contribution in [-0.2, 0) is 19.1 Å². The molecule has 0 saturated carbocycles. The SMILES string of the molecule is COC(=O)C1(C(=O)C2CCCN(C)C2)COC1. The van der Waals surface area contributed by atoms with E-state index in [4.69, 9.17) is 9.47 Å². The van der Waals surface area contributed by atoms with Gasteiger partial charge in [-0.1, -0.05) is 0 Å². The summed E-state index contributed by atoms with van der Waals surface area (Å²) >= 11 is 0. The summed E-state index contributed by atoms with van der Waals surface area (Å²) in [6, 6.07) is 0. The molecule has 2 aliphatic heterocycles. The van der Waals surface area contributed by atoms with Gasteiger partial charge in [-0.05, 0) is 26.4 Å². The number of carbonyl (C=O) groups excluding carboxylic acids is 2. The zero-order chi connectivity index (χ0) is 12.5. The van der Waals surface area contributed by atoms with Crippen LogP contribution in [0.1, 0.15) is 12.8 Å². The van der Waals surface area contributed by atoms with Gasteiger partial charge in [0.05, 0.1) is 20.3 Å². The number of piperidine rings is 1. The van der Waals surface area contributed by atoms with Crippen molar-refractivity contribution >= 4 is 11.8 Å². The molecule has 0 spiro atoms. The highest BCUT2D eigenvalue weighted by Gasteiger charge is 2.55. The Morgan fingerprint density at radius 1 is 1.41 bits per heavy atom. The van der Waals surface area contributed by atoms with E-state index in [-0.39, 0.29) is 24.9 Å². The summed E-state index contributed by atoms with van der Waals surface area (Å²) in [7, 11) is 3.32. The molecule has 0 aliphatic carbocycles. The minimum atomic E-state index is -1.02. The normalized spacial score (nSPS) is 28.2. The zero-order valence-corrected chi connectivity index (χ0v) is 10.4. The fourth-order valence-corrected chi connectivity index (χ4v) is 2.63. The minimum Gasteiger partial charge on any atom is -0.468 e. The molecule has 1 unspecified atom stereocenters. The van der Waals surface area contributed by atoms with Crippen LogP contribution in [0.15, 0.2) is 0 Å². The highest BCUT2D eigenvalue weighted by atomic mass is 16.5. The molecule has 2 fully saturated rings. The van der Waals surface area contributed by atoms with Gasteiger partial charge in [0.15, 0.2) is 11.2 Å². The number of hydrogen-bond acceptors (Lipinski definition) is 5. The average Bonchev–Trinajstić information content (AvgIpc) is 2.27. The summed E-state index contributed by atoms with van der Waals surface area (Å²) in [5, 5.41) is 0. The third-order valence-electron chi connectivity index (χ3n) is 3.74. The summed E-state index contributed by atoms with van der Waals surface area (Å²) in [6.45, 7) is 2.11. The Bertz CT molecular complexity index is 324. The van der Waals surface area contributed by atoms with Gasteiger partial charge in [0, 0.05) is 12.5 Å². The molecule has 0 aromatic rings. The van der Waals surface area contributed by atoms with Crippen LogP contribution in [0.2, 0.25) is 0 Å². The average molecular weight is 241 g/mol. The predicted molar refractivity (Wildman–Crippen MR) is 60.5 cm³/mol. The first-order valence-electron chi connectivity index (χ1n) is 5.99. The highest BCUT2D eigenvalue weighted by molar-refractivity contribution is 6.06. The quantitative estimate of drug-likeness (QED) is 0.517. The van der Waals surface area contributed by atoms with Crippen LogP contribution < -0.4 is 0 Å². The van der Waals surface area contributed by atoms with Gasteiger partial charge in [0.2, 0.25) is 0 Å². The van der Waals surface area contributed by atoms with E-state index in [9.17, 15) is 9.59 Å². The Kier molecular flexibility index (Phi) is 3.49. The summed E-state index contributed by atoms with van der Waals surface area (Å²) < 4.78 is 9.81. The lowest BCUT2D eigenvalue weighted by Gasteiger charge is -2.41. The highest BCUT2D eigenvalue weighted by Crippen LogP contribution is 2.35. The van der Waals surface area contributed by atoms with Gasteiger partial charge in [-0.3, -0.25) is 9.59 Å². The second kappa shape index (κ2) is 4.74. The number of methoxy groups -OCH3 is 1. The summed E-state index contributed by atoms with van der Waals surface area (Å²) in [5.41, 5.74) is -1.02. The first-order valence-corrected chi connectivity index (χ1v) is 5.99. The molecule has 0 bridgehead atoms. The van der Waals surface area contributed by atoms with Crippen LogP contribution in [0, 0.1) is 11.3 Å². The van der Waals surface area contributed by atoms with Crippen LogP contribution in [0.5, 0.6) is 0 Å². The van der Waals surface area contributed by atoms with Gasteiger partial charge >= 0.3 is 5.97 Å². The van der Waals surface area contributed by atoms with Crippen molar-refractivity contribution in [2.24, 2.45) is 11.3 Å². The number of nitrogens with zero attached hydrogens (tertiary/aromatic N) is 1. The molecule has 5 heteroatoms. The first-order chi connectivity index (χ1) is 8.10. The molecule has 17 heavy (non-hydrogen) atoms. The number of hydrogen-bond donors (Lipinski definition) is 0. The number of ether oxygens (including phenoxy) is 2. The van der Waals surface area contributed by atoms with Crippen molar-refractivity contribution in [3.63, 3.8) is 0 Å². The standard InChI is InChI=1S/C12H19NO4/c1-13-5-3-4-9(6-13)10(14)12(7-17-8-12)11(15)16-2/h9H,3-8H2,1-2H3. The van der Waals surface area contributed by atoms with E-state index in [1.165, 1.54) is 7.11 Å². The molecule has 0 aromatic heterocycles. The molecule has 96 valence electrons. The molecule has 2 heterocycles. The van der Waals surface area contributed by atoms with Crippen LogP contribution in [0.3, 0.4) is 0 Å². The van der Waals surface area contributed by atoms with Gasteiger partial charge in [-0.2, -0.15) is 0 Å². The lowest BCUT2D eigenvalue weighted by atomic mass is 9.74. The van der Waals surface area contributed by atoms with Crippen molar-refractivity contribution in [2.45, 2.75) is 12.8 Å². The molecule has 1 atom stereocenters. The Balaban J connectivity index is 2.09. The van der Waals surface area contributed by atoms with E-state index in [0.717, 1.165) is 25.9 Å². The first kappa shape index (κ1) is 12.5. The zero-order valence-electron chi connectivity index (χ0n) is 10.4. The number of Topliss-reactive ketones (excluding diaryl/α,β-unsaturated/α-hetero) is 1. The fourth-order valence-electron chi connectivity index (χ4n) is 2.63. The number of carbonyl (C=O) groups is 2. The molecule has 0 radical (unpaired) electrons. The Morgan fingerprint density at radius 2 is 2.12 bits per heavy atom. The predicted octanol–water partition coefficient (Wildman–Crippen LogP) is 0.0869. The van der Waals surface area contributed by atoms with Crippen molar-refractivity contribution in [3.8, 4) is 0 Å². The lowest BCUT2D eigenvalue weighted by Crippen LogP contribution is -2.58. The van der Waals surface area contributed by atoms with Crippen LogP contribution in [-0.4, -0.2) is 57.1 Å². The second-order valence-corrected chi connectivity index (χ2v) is 5.03. The number of ketones is 1. The lowest BCUT2D eigenvalue weighted by molar-refractivity contribution is -0.189. The molecule has 0 amide bonds. The number of rotatable bonds is 3. The molecular weight excluding hydrogens is 222 g/mol. The molecule has 2 aliphatic rings. The van der Waals surface area contributed by atoms with Crippen molar-refractivity contribution < 1.29 is 19.1 Å². The molecule has 0 N–H and O–H groups in total. The minimum absolute atomic E-state index is 0.00199. The number of esters is 1. The largest absolute Gasteiger partial charge is 0.468 e. The topological polar surface area (TPSA) is 55.8 Å². The van der Waals surface area contributed by atoms with Crippen molar-refractivity contribution in [3.05, 3.63) is 0 Å². The van der Waals surface area contributed by atoms with E-state index >= 15 is 0 Å². The molecular formula is C12H19NO4. The van der Waals surface area contributed by atoms with E-state index in [1.807, 2.05) is 7.05 Å². The van der Waals surface area contributed by atoms with Crippen LogP contribution in [0.4, 0.5) is 0 Å². The van der Waals surface area contributed by atoms with E-state index in [2.05, 4.69) is 4.90 Å². The van der Waals surface area contributed by atoms with Gasteiger partial charge in [0.25, 0.3) is 0 Å². The van der Waals surface area contributed by atoms with Gasteiger partial charge < -0.3 is 14.4 Å². The maximum atomic E-state index is 12.4. The fraction of sp³-hybridized carbons (Fsp3) is 0.833. The second-order valence-electron chi connectivity index (χ2n) is 5.03. The van der Waals surface area contributed by atoms with Gasteiger partial charge in [-0.15, -0.1) is 0 Å². The third kappa shape index (κ3) is 2.09. The van der Waals surface area contributed by atoms with E-state index in [0.29, 0.717) is 0 Å². The molecule has 2 rings (SSSR count). The van der Waals surface area contributed by atoms with E-state index < -0.39 is 11.4 Å². The third-order valence-corrected chi connectivity index (χ3v) is 3.74.